The lowest BCUT2D eigenvalue weighted by Gasteiger charge is -2.12. The molecular formula is C16H14FN3S. The van der Waals surface area contributed by atoms with E-state index in [0.717, 1.165) is 16.0 Å². The van der Waals surface area contributed by atoms with Gasteiger partial charge in [-0.1, -0.05) is 0 Å². The standard InChI is InChI=1S/C16H14FN3S/c1-21-11-6-4-10(5-7-11)20-16-13(17)9-14(18)12-3-2-8-19-15(12)16/h2-9,20H,18H2,1H3. The summed E-state index contributed by atoms with van der Waals surface area (Å²) in [4.78, 5) is 5.40. The number of nitrogens with zero attached hydrogens (tertiary/aromatic N) is 1. The number of thioether (sulfide) groups is 1. The van der Waals surface area contributed by atoms with Gasteiger partial charge in [0.25, 0.3) is 0 Å². The molecule has 0 saturated carbocycles. The number of aromatic nitrogens is 1. The Morgan fingerprint density at radius 1 is 1.19 bits per heavy atom. The van der Waals surface area contributed by atoms with Gasteiger partial charge in [-0.2, -0.15) is 0 Å². The van der Waals surface area contributed by atoms with Gasteiger partial charge in [0.1, 0.15) is 5.69 Å². The average Bonchev–Trinajstić information content (AvgIpc) is 2.52. The van der Waals surface area contributed by atoms with E-state index in [1.54, 1.807) is 24.0 Å². The van der Waals surface area contributed by atoms with E-state index in [1.807, 2.05) is 36.6 Å². The molecular weight excluding hydrogens is 285 g/mol. The molecule has 0 fully saturated rings. The van der Waals surface area contributed by atoms with Gasteiger partial charge in [0.05, 0.1) is 5.52 Å². The lowest BCUT2D eigenvalue weighted by molar-refractivity contribution is 0.634. The normalized spacial score (nSPS) is 10.8. The van der Waals surface area contributed by atoms with Crippen molar-refractivity contribution in [2.75, 3.05) is 17.3 Å². The highest BCUT2D eigenvalue weighted by atomic mass is 32.2. The van der Waals surface area contributed by atoms with Gasteiger partial charge in [0, 0.05) is 27.9 Å². The highest BCUT2D eigenvalue weighted by molar-refractivity contribution is 7.98. The predicted octanol–water partition coefficient (Wildman–Crippen LogP) is 4.42. The number of pyridine rings is 1. The van der Waals surface area contributed by atoms with Gasteiger partial charge in [0.15, 0.2) is 5.82 Å². The second-order valence-electron chi connectivity index (χ2n) is 4.58. The Morgan fingerprint density at radius 3 is 2.67 bits per heavy atom. The number of hydrogen-bond donors (Lipinski definition) is 2. The molecule has 0 aliphatic rings. The number of halogens is 1. The van der Waals surface area contributed by atoms with Crippen LogP contribution in [-0.2, 0) is 0 Å². The highest BCUT2D eigenvalue weighted by Gasteiger charge is 2.12. The van der Waals surface area contributed by atoms with Crippen LogP contribution in [-0.4, -0.2) is 11.2 Å². The minimum absolute atomic E-state index is 0.344. The maximum absolute atomic E-state index is 14.2. The van der Waals surface area contributed by atoms with Crippen LogP contribution in [0.2, 0.25) is 0 Å². The fourth-order valence-electron chi connectivity index (χ4n) is 2.17. The smallest absolute Gasteiger partial charge is 0.150 e. The monoisotopic (exact) mass is 299 g/mol. The molecule has 2 aromatic carbocycles. The van der Waals surface area contributed by atoms with Crippen molar-refractivity contribution in [1.82, 2.24) is 4.98 Å². The summed E-state index contributed by atoms with van der Waals surface area (Å²) >= 11 is 1.66. The first kappa shape index (κ1) is 13.7. The highest BCUT2D eigenvalue weighted by Crippen LogP contribution is 2.32. The second-order valence-corrected chi connectivity index (χ2v) is 5.46. The fraction of sp³-hybridized carbons (Fsp3) is 0.0625. The quantitative estimate of drug-likeness (QED) is 0.555. The molecule has 0 saturated heterocycles. The summed E-state index contributed by atoms with van der Waals surface area (Å²) in [7, 11) is 0. The predicted molar refractivity (Wildman–Crippen MR) is 87.6 cm³/mol. The number of anilines is 3. The number of nitrogens with one attached hydrogen (secondary N) is 1. The van der Waals surface area contributed by atoms with Crippen LogP contribution >= 0.6 is 11.8 Å². The SMILES string of the molecule is CSc1ccc(Nc2c(F)cc(N)c3cccnc23)cc1. The first-order valence-electron chi connectivity index (χ1n) is 6.43. The lowest BCUT2D eigenvalue weighted by atomic mass is 10.1. The van der Waals surface area contributed by atoms with Crippen LogP contribution in [0.1, 0.15) is 0 Å². The van der Waals surface area contributed by atoms with Crippen molar-refractivity contribution in [1.29, 1.82) is 0 Å². The van der Waals surface area contributed by atoms with Crippen molar-refractivity contribution < 1.29 is 4.39 Å². The Balaban J connectivity index is 2.07. The van der Waals surface area contributed by atoms with Crippen LogP contribution in [0, 0.1) is 5.82 Å². The largest absolute Gasteiger partial charge is 0.398 e. The lowest BCUT2D eigenvalue weighted by Crippen LogP contribution is -1.99. The number of hydrogen-bond acceptors (Lipinski definition) is 4. The minimum atomic E-state index is -0.410. The molecule has 0 unspecified atom stereocenters. The van der Waals surface area contributed by atoms with Crippen molar-refractivity contribution in [3.63, 3.8) is 0 Å². The summed E-state index contributed by atoms with van der Waals surface area (Å²) < 4.78 is 14.2. The van der Waals surface area contributed by atoms with Crippen LogP contribution in [0.15, 0.2) is 53.6 Å². The van der Waals surface area contributed by atoms with Gasteiger partial charge >= 0.3 is 0 Å². The Bertz CT molecular complexity index is 787. The van der Waals surface area contributed by atoms with E-state index in [4.69, 9.17) is 5.73 Å². The molecule has 3 N–H and O–H groups in total. The van der Waals surface area contributed by atoms with Gasteiger partial charge in [-0.25, -0.2) is 4.39 Å². The summed E-state index contributed by atoms with van der Waals surface area (Å²) in [6.07, 6.45) is 3.64. The van der Waals surface area contributed by atoms with Crippen molar-refractivity contribution >= 4 is 39.7 Å². The van der Waals surface area contributed by atoms with Crippen molar-refractivity contribution in [3.05, 3.63) is 54.5 Å². The van der Waals surface area contributed by atoms with Crippen LogP contribution < -0.4 is 11.1 Å². The molecule has 3 nitrogen and oxygen atoms in total. The summed E-state index contributed by atoms with van der Waals surface area (Å²) in [5, 5.41) is 3.83. The third-order valence-corrected chi connectivity index (χ3v) is 3.98. The van der Waals surface area contributed by atoms with Gasteiger partial charge in [0.2, 0.25) is 0 Å². The van der Waals surface area contributed by atoms with E-state index in [1.165, 1.54) is 6.07 Å². The molecule has 0 aliphatic heterocycles. The first-order valence-corrected chi connectivity index (χ1v) is 7.65. The zero-order valence-corrected chi connectivity index (χ0v) is 12.2. The zero-order chi connectivity index (χ0) is 14.8. The van der Waals surface area contributed by atoms with Gasteiger partial charge in [-0.3, -0.25) is 4.98 Å². The van der Waals surface area contributed by atoms with Gasteiger partial charge in [-0.15, -0.1) is 11.8 Å². The Labute approximate surface area is 126 Å². The van der Waals surface area contributed by atoms with E-state index in [0.29, 0.717) is 16.9 Å². The number of fused-ring (bicyclic) bond motifs is 1. The number of rotatable bonds is 3. The number of nitrogen functional groups attached to an aromatic ring is 1. The number of benzene rings is 2. The molecule has 0 amide bonds. The molecule has 1 heterocycles. The van der Waals surface area contributed by atoms with E-state index >= 15 is 0 Å². The third kappa shape index (κ3) is 2.64. The van der Waals surface area contributed by atoms with Crippen molar-refractivity contribution in [3.8, 4) is 0 Å². The molecule has 1 aromatic heterocycles. The molecule has 0 radical (unpaired) electrons. The minimum Gasteiger partial charge on any atom is -0.398 e. The summed E-state index contributed by atoms with van der Waals surface area (Å²) in [6, 6.07) is 12.7. The fourth-order valence-corrected chi connectivity index (χ4v) is 2.58. The summed E-state index contributed by atoms with van der Waals surface area (Å²) in [6.45, 7) is 0. The van der Waals surface area contributed by atoms with Gasteiger partial charge < -0.3 is 11.1 Å². The van der Waals surface area contributed by atoms with Crippen LogP contribution in [0.5, 0.6) is 0 Å². The molecule has 0 bridgehead atoms. The Morgan fingerprint density at radius 2 is 1.95 bits per heavy atom. The molecule has 0 aliphatic carbocycles. The van der Waals surface area contributed by atoms with E-state index in [2.05, 4.69) is 10.3 Å². The maximum Gasteiger partial charge on any atom is 0.150 e. The number of nitrogens with two attached hydrogens (primary N) is 1. The van der Waals surface area contributed by atoms with Crippen LogP contribution in [0.4, 0.5) is 21.5 Å². The van der Waals surface area contributed by atoms with E-state index in [9.17, 15) is 4.39 Å². The third-order valence-electron chi connectivity index (χ3n) is 3.24. The summed E-state index contributed by atoms with van der Waals surface area (Å²) in [5.74, 6) is -0.410. The Hall–Kier alpha value is -2.27. The van der Waals surface area contributed by atoms with Crippen LogP contribution in [0.25, 0.3) is 10.9 Å². The molecule has 0 atom stereocenters. The molecule has 3 aromatic rings. The van der Waals surface area contributed by atoms with Crippen molar-refractivity contribution in [2.45, 2.75) is 4.90 Å². The van der Waals surface area contributed by atoms with E-state index in [-0.39, 0.29) is 0 Å². The second kappa shape index (κ2) is 5.61. The first-order chi connectivity index (χ1) is 10.2. The maximum atomic E-state index is 14.2. The molecule has 3 rings (SSSR count). The van der Waals surface area contributed by atoms with Crippen molar-refractivity contribution in [2.24, 2.45) is 0 Å². The topological polar surface area (TPSA) is 50.9 Å². The molecule has 0 spiro atoms. The summed E-state index contributed by atoms with van der Waals surface area (Å²) in [5.41, 5.74) is 7.92. The Kier molecular flexibility index (Phi) is 3.66. The zero-order valence-electron chi connectivity index (χ0n) is 11.4. The van der Waals surface area contributed by atoms with Crippen LogP contribution in [0.3, 0.4) is 0 Å². The average molecular weight is 299 g/mol. The van der Waals surface area contributed by atoms with Gasteiger partial charge in [-0.05, 0) is 48.7 Å². The molecule has 106 valence electrons. The molecule has 5 heteroatoms. The van der Waals surface area contributed by atoms with E-state index < -0.39 is 5.82 Å². The molecule has 21 heavy (non-hydrogen) atoms.